The van der Waals surface area contributed by atoms with E-state index in [9.17, 15) is 9.59 Å². The largest absolute Gasteiger partial charge is 0.382 e. The van der Waals surface area contributed by atoms with Gasteiger partial charge in [-0.2, -0.15) is 0 Å². The first-order valence-electron chi connectivity index (χ1n) is 12.2. The van der Waals surface area contributed by atoms with Gasteiger partial charge in [0.15, 0.2) is 0 Å². The third-order valence-corrected chi connectivity index (χ3v) is 7.31. The van der Waals surface area contributed by atoms with Gasteiger partial charge in [0.2, 0.25) is 5.91 Å². The minimum Gasteiger partial charge on any atom is -0.382 e. The molecule has 1 aromatic heterocycles. The number of aryl methyl sites for hydroxylation is 1. The first-order valence-corrected chi connectivity index (χ1v) is 13.2. The lowest BCUT2D eigenvalue weighted by atomic mass is 10.0. The van der Waals surface area contributed by atoms with Crippen LogP contribution in [0.1, 0.15) is 50.3 Å². The maximum absolute atomic E-state index is 13.0. The smallest absolute Gasteiger partial charge is 0.238 e. The first-order chi connectivity index (χ1) is 16.9. The van der Waals surface area contributed by atoms with Crippen molar-refractivity contribution in [1.82, 2.24) is 9.88 Å². The highest BCUT2D eigenvalue weighted by Gasteiger charge is 2.35. The van der Waals surface area contributed by atoms with Crippen LogP contribution >= 0.6 is 11.8 Å². The van der Waals surface area contributed by atoms with Crippen LogP contribution in [0.15, 0.2) is 53.6 Å². The van der Waals surface area contributed by atoms with Crippen molar-refractivity contribution in [2.45, 2.75) is 44.2 Å². The number of aromatic nitrogens is 1. The number of carbonyl (C=O) groups excluding carboxylic acids is 2. The molecule has 1 unspecified atom stereocenters. The number of nitrogens with one attached hydrogen (secondary N) is 1. The molecular formula is C28H37N3O3S. The number of hydrogen-bond acceptors (Lipinski definition) is 5. The Hall–Kier alpha value is -2.61. The number of thioether (sulfide) groups is 1. The Morgan fingerprint density at radius 1 is 1.17 bits per heavy atom. The van der Waals surface area contributed by atoms with Crippen molar-refractivity contribution in [2.75, 3.05) is 37.5 Å². The zero-order valence-corrected chi connectivity index (χ0v) is 22.2. The summed E-state index contributed by atoms with van der Waals surface area (Å²) in [6.45, 7) is 9.07. The summed E-state index contributed by atoms with van der Waals surface area (Å²) >= 11 is 1.51. The fourth-order valence-corrected chi connectivity index (χ4v) is 5.37. The van der Waals surface area contributed by atoms with Gasteiger partial charge in [0.05, 0.1) is 10.8 Å². The maximum atomic E-state index is 13.0. The molecule has 1 N–H and O–H groups in total. The summed E-state index contributed by atoms with van der Waals surface area (Å²) in [4.78, 5) is 26.8. The molecule has 0 saturated carbocycles. The highest BCUT2D eigenvalue weighted by Crippen LogP contribution is 2.42. The quantitative estimate of drug-likeness (QED) is 0.339. The van der Waals surface area contributed by atoms with E-state index in [4.69, 9.17) is 4.74 Å². The van der Waals surface area contributed by atoms with Crippen molar-refractivity contribution in [1.29, 1.82) is 0 Å². The number of anilines is 1. The Bertz CT molecular complexity index is 1120. The third-order valence-electron chi connectivity index (χ3n) is 6.15. The summed E-state index contributed by atoms with van der Waals surface area (Å²) < 4.78 is 7.18. The monoisotopic (exact) mass is 495 g/mol. The third kappa shape index (κ3) is 6.15. The molecule has 0 saturated heterocycles. The normalized spacial score (nSPS) is 15.5. The second-order valence-electron chi connectivity index (χ2n) is 8.83. The van der Waals surface area contributed by atoms with Gasteiger partial charge < -0.3 is 19.4 Å². The van der Waals surface area contributed by atoms with Crippen LogP contribution in [0.5, 0.6) is 0 Å². The summed E-state index contributed by atoms with van der Waals surface area (Å²) in [5, 5.41) is 5.06. The predicted molar refractivity (Wildman–Crippen MR) is 146 cm³/mol. The van der Waals surface area contributed by atoms with E-state index in [2.05, 4.69) is 29.8 Å². The van der Waals surface area contributed by atoms with E-state index in [1.165, 1.54) is 17.3 Å². The fourth-order valence-electron chi connectivity index (χ4n) is 4.29. The number of nitrogens with zero attached hydrogens (tertiary/aromatic N) is 2. The molecule has 7 heteroatoms. The van der Waals surface area contributed by atoms with E-state index in [-0.39, 0.29) is 5.91 Å². The van der Waals surface area contributed by atoms with Crippen LogP contribution < -0.4 is 10.2 Å². The maximum Gasteiger partial charge on any atom is 0.238 e. The van der Waals surface area contributed by atoms with Crippen LogP contribution in [0.3, 0.4) is 0 Å². The molecular weight excluding hydrogens is 458 g/mol. The number of fused-ring (bicyclic) bond motifs is 3. The SMILES string of the molecule is CC(C)c1ccc(N2C(=O)CSc3c(c4ccccc4n3C)C2C=O)cc1.CCOCCCNC. The van der Waals surface area contributed by atoms with Crippen molar-refractivity contribution in [3.8, 4) is 0 Å². The Morgan fingerprint density at radius 3 is 2.51 bits per heavy atom. The number of benzene rings is 2. The number of hydrogen-bond donors (Lipinski definition) is 1. The molecule has 6 nitrogen and oxygen atoms in total. The van der Waals surface area contributed by atoms with Gasteiger partial charge in [-0.05, 0) is 56.6 Å². The Kier molecular flexibility index (Phi) is 9.95. The molecule has 1 amide bonds. The lowest BCUT2D eigenvalue weighted by Gasteiger charge is -2.27. The van der Waals surface area contributed by atoms with Gasteiger partial charge in [-0.15, -0.1) is 0 Å². The minimum absolute atomic E-state index is 0.0466. The van der Waals surface area contributed by atoms with E-state index in [1.54, 1.807) is 4.90 Å². The second kappa shape index (κ2) is 12.9. The summed E-state index contributed by atoms with van der Waals surface area (Å²) in [5.74, 6) is 0.684. The van der Waals surface area contributed by atoms with Crippen LogP contribution in [0.4, 0.5) is 5.69 Å². The van der Waals surface area contributed by atoms with E-state index in [0.29, 0.717) is 11.7 Å². The topological polar surface area (TPSA) is 63.6 Å². The lowest BCUT2D eigenvalue weighted by Crippen LogP contribution is -2.35. The number of aldehydes is 1. The van der Waals surface area contributed by atoms with Crippen molar-refractivity contribution in [3.63, 3.8) is 0 Å². The molecule has 3 aromatic rings. The molecule has 1 aliphatic heterocycles. The Balaban J connectivity index is 0.000000371. The first kappa shape index (κ1) is 27.0. The zero-order chi connectivity index (χ0) is 25.4. The van der Waals surface area contributed by atoms with Gasteiger partial charge >= 0.3 is 0 Å². The van der Waals surface area contributed by atoms with Gasteiger partial charge in [0, 0.05) is 42.4 Å². The van der Waals surface area contributed by atoms with Crippen molar-refractivity contribution >= 4 is 40.5 Å². The van der Waals surface area contributed by atoms with Gasteiger partial charge in [-0.3, -0.25) is 9.69 Å². The molecule has 0 spiro atoms. The molecule has 1 aliphatic rings. The Labute approximate surface area is 213 Å². The molecule has 35 heavy (non-hydrogen) atoms. The number of carbonyl (C=O) groups is 2. The van der Waals surface area contributed by atoms with Gasteiger partial charge in [-0.25, -0.2) is 0 Å². The summed E-state index contributed by atoms with van der Waals surface area (Å²) in [6, 6.07) is 15.4. The van der Waals surface area contributed by atoms with Crippen molar-refractivity contribution in [2.24, 2.45) is 7.05 Å². The Morgan fingerprint density at radius 2 is 1.89 bits per heavy atom. The van der Waals surface area contributed by atoms with Crippen LogP contribution in [0, 0.1) is 0 Å². The fraction of sp³-hybridized carbons (Fsp3) is 0.429. The van der Waals surface area contributed by atoms with Crippen LogP contribution in [0.25, 0.3) is 10.9 Å². The van der Waals surface area contributed by atoms with Crippen LogP contribution in [0.2, 0.25) is 0 Å². The van der Waals surface area contributed by atoms with E-state index >= 15 is 0 Å². The molecule has 0 bridgehead atoms. The van der Waals surface area contributed by atoms with Gasteiger partial charge in [-0.1, -0.05) is 55.9 Å². The van der Waals surface area contributed by atoms with E-state index in [1.807, 2.05) is 63.5 Å². The highest BCUT2D eigenvalue weighted by molar-refractivity contribution is 8.00. The predicted octanol–water partition coefficient (Wildman–Crippen LogP) is 5.31. The molecule has 0 radical (unpaired) electrons. The summed E-state index contributed by atoms with van der Waals surface area (Å²) in [6.07, 6.45) is 2.01. The average molecular weight is 496 g/mol. The van der Waals surface area contributed by atoms with Crippen LogP contribution in [-0.2, 0) is 21.4 Å². The molecule has 2 heterocycles. The van der Waals surface area contributed by atoms with Crippen molar-refractivity contribution < 1.29 is 14.3 Å². The standard InChI is InChI=1S/C22H22N2O2S.C6H15NO/c1-14(2)15-8-10-16(11-9-15)24-19(12-25)21-17-6-4-5-7-18(17)23(3)22(21)27-13-20(24)26;1-3-8-6-4-5-7-2/h4-12,14,19H,13H2,1-3H3;7H,3-6H2,1-2H3. The van der Waals surface area contributed by atoms with Crippen LogP contribution in [-0.4, -0.2) is 49.3 Å². The zero-order valence-electron chi connectivity index (χ0n) is 21.4. The average Bonchev–Trinajstić information content (AvgIpc) is 3.05. The van der Waals surface area contributed by atoms with E-state index in [0.717, 1.165) is 59.6 Å². The minimum atomic E-state index is -0.626. The summed E-state index contributed by atoms with van der Waals surface area (Å²) in [7, 11) is 3.94. The molecule has 188 valence electrons. The number of para-hydroxylation sites is 1. The lowest BCUT2D eigenvalue weighted by molar-refractivity contribution is -0.119. The second-order valence-corrected chi connectivity index (χ2v) is 9.79. The van der Waals surface area contributed by atoms with Crippen molar-refractivity contribution in [3.05, 3.63) is 59.7 Å². The summed E-state index contributed by atoms with van der Waals surface area (Å²) in [5.41, 5.74) is 3.98. The molecule has 1 atom stereocenters. The molecule has 0 aliphatic carbocycles. The number of ether oxygens (including phenoxy) is 1. The molecule has 4 rings (SSSR count). The van der Waals surface area contributed by atoms with Gasteiger partial charge in [0.1, 0.15) is 12.3 Å². The highest BCUT2D eigenvalue weighted by atomic mass is 32.2. The van der Waals surface area contributed by atoms with Gasteiger partial charge in [0.25, 0.3) is 0 Å². The molecule has 0 fully saturated rings. The number of rotatable bonds is 8. The van der Waals surface area contributed by atoms with E-state index < -0.39 is 6.04 Å². The molecule has 2 aromatic carbocycles. The number of amides is 1.